The van der Waals surface area contributed by atoms with E-state index in [1.807, 2.05) is 27.0 Å². The van der Waals surface area contributed by atoms with Gasteiger partial charge in [-0.1, -0.05) is 12.1 Å². The molecule has 3 N–H and O–H groups in total. The highest BCUT2D eigenvalue weighted by Crippen LogP contribution is 2.20. The minimum atomic E-state index is 0.536. The molecule has 3 aromatic rings. The Balaban J connectivity index is 1.57. The highest BCUT2D eigenvalue weighted by atomic mass is 16.5. The lowest BCUT2D eigenvalue weighted by Gasteiger charge is -2.13. The van der Waals surface area contributed by atoms with Gasteiger partial charge in [0.25, 0.3) is 0 Å². The Hall–Kier alpha value is -3.36. The first-order chi connectivity index (χ1) is 14.1. The average Bonchev–Trinajstić information content (AvgIpc) is 3.11. The van der Waals surface area contributed by atoms with Gasteiger partial charge in [0.2, 0.25) is 0 Å². The molecule has 0 bridgehead atoms. The van der Waals surface area contributed by atoms with Gasteiger partial charge in [-0.05, 0) is 25.5 Å². The van der Waals surface area contributed by atoms with Crippen LogP contribution in [0.3, 0.4) is 0 Å². The number of hydrogen-bond acceptors (Lipinski definition) is 6. The predicted octanol–water partition coefficient (Wildman–Crippen LogP) is 1.85. The van der Waals surface area contributed by atoms with E-state index >= 15 is 0 Å². The Morgan fingerprint density at radius 3 is 2.86 bits per heavy atom. The van der Waals surface area contributed by atoms with Crippen LogP contribution in [0.2, 0.25) is 0 Å². The Morgan fingerprint density at radius 2 is 2.07 bits per heavy atom. The molecule has 0 saturated heterocycles. The van der Waals surface area contributed by atoms with Crippen molar-refractivity contribution in [3.63, 3.8) is 0 Å². The number of guanidine groups is 1. The smallest absolute Gasteiger partial charge is 0.191 e. The maximum Gasteiger partial charge on any atom is 0.191 e. The van der Waals surface area contributed by atoms with Gasteiger partial charge in [0.1, 0.15) is 17.9 Å². The zero-order valence-corrected chi connectivity index (χ0v) is 17.4. The van der Waals surface area contributed by atoms with Gasteiger partial charge < -0.3 is 20.7 Å². The third-order valence-electron chi connectivity index (χ3n) is 4.43. The number of anilines is 1. The fourth-order valence-electron chi connectivity index (χ4n) is 2.95. The van der Waals surface area contributed by atoms with Crippen molar-refractivity contribution in [3.05, 3.63) is 41.9 Å². The van der Waals surface area contributed by atoms with Crippen LogP contribution in [-0.2, 0) is 13.6 Å². The zero-order chi connectivity index (χ0) is 20.6. The van der Waals surface area contributed by atoms with E-state index in [0.717, 1.165) is 46.2 Å². The molecule has 0 aliphatic heterocycles. The summed E-state index contributed by atoms with van der Waals surface area (Å²) in [5.74, 6) is 2.39. The van der Waals surface area contributed by atoms with Gasteiger partial charge >= 0.3 is 0 Å². The van der Waals surface area contributed by atoms with Crippen LogP contribution in [0.4, 0.5) is 5.82 Å². The van der Waals surface area contributed by atoms with Crippen molar-refractivity contribution in [1.29, 1.82) is 0 Å². The predicted molar refractivity (Wildman–Crippen MR) is 115 cm³/mol. The quantitative estimate of drug-likeness (QED) is 0.303. The molecule has 1 aromatic carbocycles. The Morgan fingerprint density at radius 1 is 1.21 bits per heavy atom. The average molecular weight is 396 g/mol. The van der Waals surface area contributed by atoms with Crippen LogP contribution in [-0.4, -0.2) is 52.5 Å². The lowest BCUT2D eigenvalue weighted by Crippen LogP contribution is -2.39. The van der Waals surface area contributed by atoms with Crippen LogP contribution in [0.5, 0.6) is 5.75 Å². The number of ether oxygens (including phenoxy) is 1. The molecule has 29 heavy (non-hydrogen) atoms. The second-order valence-corrected chi connectivity index (χ2v) is 6.59. The molecule has 0 aliphatic carbocycles. The molecule has 9 heteroatoms. The lowest BCUT2D eigenvalue weighted by atomic mass is 10.1. The van der Waals surface area contributed by atoms with Crippen LogP contribution in [0.25, 0.3) is 11.0 Å². The van der Waals surface area contributed by atoms with Crippen LogP contribution in [0.15, 0.2) is 35.7 Å². The molecule has 0 amide bonds. The van der Waals surface area contributed by atoms with Crippen LogP contribution < -0.4 is 20.7 Å². The van der Waals surface area contributed by atoms with Gasteiger partial charge in [-0.25, -0.2) is 15.0 Å². The Kier molecular flexibility index (Phi) is 6.83. The van der Waals surface area contributed by atoms with Crippen molar-refractivity contribution < 1.29 is 4.74 Å². The normalized spacial score (nSPS) is 11.5. The van der Waals surface area contributed by atoms with E-state index in [9.17, 15) is 0 Å². The molecule has 0 fully saturated rings. The van der Waals surface area contributed by atoms with E-state index in [-0.39, 0.29) is 0 Å². The number of fused-ring (bicyclic) bond motifs is 1. The fraction of sp³-hybridized carbons (Fsp3) is 0.400. The lowest BCUT2D eigenvalue weighted by molar-refractivity contribution is 0.409. The number of aliphatic imine (C=N–C) groups is 1. The second-order valence-electron chi connectivity index (χ2n) is 6.59. The van der Waals surface area contributed by atoms with E-state index in [4.69, 9.17) is 4.74 Å². The molecule has 2 aromatic heterocycles. The number of nitrogens with zero attached hydrogens (tertiary/aromatic N) is 5. The van der Waals surface area contributed by atoms with Gasteiger partial charge in [-0.15, -0.1) is 0 Å². The van der Waals surface area contributed by atoms with Crippen molar-refractivity contribution in [1.82, 2.24) is 30.4 Å². The minimum absolute atomic E-state index is 0.536. The maximum absolute atomic E-state index is 5.46. The molecule has 0 radical (unpaired) electrons. The number of aromatic nitrogens is 4. The van der Waals surface area contributed by atoms with Crippen molar-refractivity contribution in [2.24, 2.45) is 12.0 Å². The highest BCUT2D eigenvalue weighted by Gasteiger charge is 2.07. The largest absolute Gasteiger partial charge is 0.496 e. The van der Waals surface area contributed by atoms with Crippen molar-refractivity contribution in [2.45, 2.75) is 20.4 Å². The Bertz CT molecular complexity index is 982. The maximum atomic E-state index is 5.46. The third kappa shape index (κ3) is 5.13. The fourth-order valence-corrected chi connectivity index (χ4v) is 2.95. The summed E-state index contributed by atoms with van der Waals surface area (Å²) in [6.45, 7) is 6.77. The molecule has 0 spiro atoms. The van der Waals surface area contributed by atoms with E-state index in [1.165, 1.54) is 0 Å². The molecule has 0 aliphatic rings. The third-order valence-corrected chi connectivity index (χ3v) is 4.43. The van der Waals surface area contributed by atoms with Crippen molar-refractivity contribution >= 4 is 22.8 Å². The molecule has 9 nitrogen and oxygen atoms in total. The standard InChI is InChI=1S/C20H28N8O/c1-5-21-20(24-11-15-7-6-14(2)10-17(15)29-4)23-9-8-22-18-16-12-27-28(3)19(16)26-13-25-18/h6-7,10,12-13H,5,8-9,11H2,1-4H3,(H2,21,23,24)(H,22,25,26). The SMILES string of the molecule is CCNC(=NCc1ccc(C)cc1OC)NCCNc1ncnc2c1cnn2C. The molecule has 0 atom stereocenters. The highest BCUT2D eigenvalue weighted by molar-refractivity contribution is 5.86. The topological polar surface area (TPSA) is 101 Å². The minimum Gasteiger partial charge on any atom is -0.496 e. The zero-order valence-electron chi connectivity index (χ0n) is 17.4. The first kappa shape index (κ1) is 20.4. The number of benzene rings is 1. The molecule has 3 rings (SSSR count). The number of rotatable bonds is 8. The van der Waals surface area contributed by atoms with Gasteiger partial charge in [0, 0.05) is 32.2 Å². The van der Waals surface area contributed by atoms with Crippen LogP contribution in [0, 0.1) is 6.92 Å². The van der Waals surface area contributed by atoms with E-state index in [0.29, 0.717) is 19.6 Å². The second kappa shape index (κ2) is 9.72. The van der Waals surface area contributed by atoms with Crippen LogP contribution in [0.1, 0.15) is 18.1 Å². The molecule has 154 valence electrons. The first-order valence-electron chi connectivity index (χ1n) is 9.64. The number of aryl methyl sites for hydroxylation is 2. The summed E-state index contributed by atoms with van der Waals surface area (Å²) in [4.78, 5) is 13.2. The van der Waals surface area contributed by atoms with Gasteiger partial charge in [-0.3, -0.25) is 4.68 Å². The number of methoxy groups -OCH3 is 1. The molecule has 0 unspecified atom stereocenters. The summed E-state index contributed by atoms with van der Waals surface area (Å²) in [6.07, 6.45) is 3.31. The molecular weight excluding hydrogens is 368 g/mol. The summed E-state index contributed by atoms with van der Waals surface area (Å²) in [5.41, 5.74) is 3.02. The Labute approximate surface area is 170 Å². The van der Waals surface area contributed by atoms with Gasteiger partial charge in [0.05, 0.1) is 25.2 Å². The van der Waals surface area contributed by atoms with E-state index in [2.05, 4.69) is 48.1 Å². The van der Waals surface area contributed by atoms with Crippen molar-refractivity contribution in [3.8, 4) is 5.75 Å². The van der Waals surface area contributed by atoms with Crippen molar-refractivity contribution in [2.75, 3.05) is 32.1 Å². The number of hydrogen-bond donors (Lipinski definition) is 3. The van der Waals surface area contributed by atoms with E-state index < -0.39 is 0 Å². The summed E-state index contributed by atoms with van der Waals surface area (Å²) in [6, 6.07) is 6.14. The summed E-state index contributed by atoms with van der Waals surface area (Å²) >= 11 is 0. The molecular formula is C20H28N8O. The first-order valence-corrected chi connectivity index (χ1v) is 9.64. The summed E-state index contributed by atoms with van der Waals surface area (Å²) < 4.78 is 7.20. The molecule has 2 heterocycles. The van der Waals surface area contributed by atoms with Gasteiger partial charge in [0.15, 0.2) is 11.6 Å². The summed E-state index contributed by atoms with van der Waals surface area (Å²) in [5, 5.41) is 15.1. The summed E-state index contributed by atoms with van der Waals surface area (Å²) in [7, 11) is 3.55. The molecule has 0 saturated carbocycles. The van der Waals surface area contributed by atoms with Crippen LogP contribution >= 0.6 is 0 Å². The van der Waals surface area contributed by atoms with Gasteiger partial charge in [-0.2, -0.15) is 5.10 Å². The number of nitrogens with one attached hydrogen (secondary N) is 3. The monoisotopic (exact) mass is 396 g/mol. The van der Waals surface area contributed by atoms with E-state index in [1.54, 1.807) is 24.3 Å².